The average Bonchev–Trinajstić information content (AvgIpc) is 2.63. The van der Waals surface area contributed by atoms with Crippen LogP contribution in [0.15, 0.2) is 29.3 Å². The Morgan fingerprint density at radius 2 is 1.93 bits per heavy atom. The van der Waals surface area contributed by atoms with Crippen LogP contribution in [0.25, 0.3) is 0 Å². The third-order valence-corrected chi connectivity index (χ3v) is 5.45. The van der Waals surface area contributed by atoms with E-state index in [1.54, 1.807) is 7.05 Å². The van der Waals surface area contributed by atoms with Crippen LogP contribution in [0, 0.1) is 5.92 Å². The number of nitrogens with one attached hydrogen (secondary N) is 2. The third-order valence-electron chi connectivity index (χ3n) is 5.08. The number of guanidine groups is 1. The molecule has 2 rings (SSSR count). The van der Waals surface area contributed by atoms with Crippen molar-refractivity contribution in [3.8, 4) is 0 Å². The lowest BCUT2D eigenvalue weighted by atomic mass is 9.96. The van der Waals surface area contributed by atoms with E-state index in [0.717, 1.165) is 50.0 Å². The van der Waals surface area contributed by atoms with E-state index in [2.05, 4.69) is 26.6 Å². The van der Waals surface area contributed by atoms with Gasteiger partial charge in [0, 0.05) is 37.7 Å². The molecule has 0 bridgehead atoms. The van der Waals surface area contributed by atoms with Crippen molar-refractivity contribution < 1.29 is 4.79 Å². The number of benzene rings is 1. The SMILES string of the molecule is CN=C(NCC1CCN(Cc2ccccc2Cl)CC1)N(C)CC(=O)NC(C)(C)C. The topological polar surface area (TPSA) is 60.0 Å². The van der Waals surface area contributed by atoms with Gasteiger partial charge in [-0.05, 0) is 64.3 Å². The smallest absolute Gasteiger partial charge is 0.240 e. The second kappa shape index (κ2) is 10.8. The van der Waals surface area contributed by atoms with Gasteiger partial charge in [0.05, 0.1) is 6.54 Å². The largest absolute Gasteiger partial charge is 0.356 e. The fraction of sp³-hybridized carbons (Fsp3) is 0.636. The zero-order valence-corrected chi connectivity index (χ0v) is 19.2. The Hall–Kier alpha value is -1.79. The minimum atomic E-state index is -0.229. The number of halogens is 1. The van der Waals surface area contributed by atoms with E-state index in [-0.39, 0.29) is 18.0 Å². The third kappa shape index (κ3) is 8.23. The first-order valence-corrected chi connectivity index (χ1v) is 10.7. The Morgan fingerprint density at radius 3 is 2.52 bits per heavy atom. The van der Waals surface area contributed by atoms with Gasteiger partial charge in [0.15, 0.2) is 5.96 Å². The first-order valence-electron chi connectivity index (χ1n) is 10.4. The molecule has 1 amide bonds. The standard InChI is InChI=1S/C22H36ClN5O/c1-22(2,3)26-20(29)16-27(5)21(24-4)25-14-17-10-12-28(13-11-17)15-18-8-6-7-9-19(18)23/h6-9,17H,10-16H2,1-5H3,(H,24,25)(H,26,29). The molecular formula is C22H36ClN5O. The van der Waals surface area contributed by atoms with Crippen molar-refractivity contribution in [2.24, 2.45) is 10.9 Å². The number of hydrogen-bond acceptors (Lipinski definition) is 3. The lowest BCUT2D eigenvalue weighted by Gasteiger charge is -2.33. The number of nitrogens with zero attached hydrogens (tertiary/aromatic N) is 3. The van der Waals surface area contributed by atoms with Crippen molar-refractivity contribution in [2.45, 2.75) is 45.7 Å². The number of rotatable bonds is 6. The lowest BCUT2D eigenvalue weighted by Crippen LogP contribution is -2.49. The van der Waals surface area contributed by atoms with Gasteiger partial charge in [-0.3, -0.25) is 14.7 Å². The van der Waals surface area contributed by atoms with Gasteiger partial charge in [-0.15, -0.1) is 0 Å². The van der Waals surface area contributed by atoms with Gasteiger partial charge >= 0.3 is 0 Å². The molecule has 1 saturated heterocycles. The maximum absolute atomic E-state index is 12.2. The number of likely N-dealkylation sites (N-methyl/N-ethyl adjacent to an activating group) is 1. The Labute approximate surface area is 180 Å². The van der Waals surface area contributed by atoms with Gasteiger partial charge in [0.25, 0.3) is 0 Å². The highest BCUT2D eigenvalue weighted by molar-refractivity contribution is 6.31. The van der Waals surface area contributed by atoms with Crippen LogP contribution in [-0.2, 0) is 11.3 Å². The molecule has 2 N–H and O–H groups in total. The molecule has 162 valence electrons. The minimum Gasteiger partial charge on any atom is -0.356 e. The van der Waals surface area contributed by atoms with Gasteiger partial charge in [-0.25, -0.2) is 0 Å². The Morgan fingerprint density at radius 1 is 1.28 bits per heavy atom. The van der Waals surface area contributed by atoms with Crippen LogP contribution in [0.2, 0.25) is 5.02 Å². The van der Waals surface area contributed by atoms with Crippen LogP contribution in [0.5, 0.6) is 0 Å². The summed E-state index contributed by atoms with van der Waals surface area (Å²) in [6, 6.07) is 8.07. The summed E-state index contributed by atoms with van der Waals surface area (Å²) >= 11 is 6.29. The molecule has 0 atom stereocenters. The summed E-state index contributed by atoms with van der Waals surface area (Å²) in [5, 5.41) is 7.27. The fourth-order valence-corrected chi connectivity index (χ4v) is 3.78. The second-order valence-corrected chi connectivity index (χ2v) is 9.30. The van der Waals surface area contributed by atoms with Crippen molar-refractivity contribution in [3.05, 3.63) is 34.9 Å². The van der Waals surface area contributed by atoms with Crippen molar-refractivity contribution in [2.75, 3.05) is 40.3 Å². The summed E-state index contributed by atoms with van der Waals surface area (Å²) in [7, 11) is 3.65. The summed E-state index contributed by atoms with van der Waals surface area (Å²) in [5.41, 5.74) is 0.966. The van der Waals surface area contributed by atoms with Crippen LogP contribution in [0.4, 0.5) is 0 Å². The monoisotopic (exact) mass is 421 g/mol. The molecule has 0 spiro atoms. The lowest BCUT2D eigenvalue weighted by molar-refractivity contribution is -0.122. The number of carbonyl (C=O) groups is 1. The Bertz CT molecular complexity index is 693. The van der Waals surface area contributed by atoms with Crippen molar-refractivity contribution in [3.63, 3.8) is 0 Å². The van der Waals surface area contributed by atoms with Crippen LogP contribution in [0.3, 0.4) is 0 Å². The van der Waals surface area contributed by atoms with Gasteiger partial charge in [-0.2, -0.15) is 0 Å². The predicted molar refractivity (Wildman–Crippen MR) is 121 cm³/mol. The van der Waals surface area contributed by atoms with Crippen molar-refractivity contribution in [1.29, 1.82) is 0 Å². The maximum atomic E-state index is 12.2. The van der Waals surface area contributed by atoms with Crippen molar-refractivity contribution in [1.82, 2.24) is 20.4 Å². The van der Waals surface area contributed by atoms with Crippen LogP contribution >= 0.6 is 11.6 Å². The first-order chi connectivity index (χ1) is 13.7. The number of carbonyl (C=O) groups excluding carboxylic acids is 1. The Kier molecular flexibility index (Phi) is 8.78. The molecule has 1 heterocycles. The molecule has 1 aliphatic heterocycles. The zero-order valence-electron chi connectivity index (χ0n) is 18.5. The first kappa shape index (κ1) is 23.5. The summed E-state index contributed by atoms with van der Waals surface area (Å²) in [5.74, 6) is 1.36. The van der Waals surface area contributed by atoms with E-state index < -0.39 is 0 Å². The molecular weight excluding hydrogens is 386 g/mol. The van der Waals surface area contributed by atoms with E-state index in [1.807, 2.05) is 50.9 Å². The van der Waals surface area contributed by atoms with Gasteiger partial charge in [0.1, 0.15) is 0 Å². The molecule has 1 fully saturated rings. The highest BCUT2D eigenvalue weighted by Crippen LogP contribution is 2.22. The van der Waals surface area contributed by atoms with Crippen LogP contribution in [0.1, 0.15) is 39.2 Å². The summed E-state index contributed by atoms with van der Waals surface area (Å²) in [4.78, 5) is 20.8. The molecule has 0 aliphatic carbocycles. The van der Waals surface area contributed by atoms with Gasteiger partial charge < -0.3 is 15.5 Å². The van der Waals surface area contributed by atoms with E-state index in [9.17, 15) is 4.79 Å². The van der Waals surface area contributed by atoms with Gasteiger partial charge in [0.2, 0.25) is 5.91 Å². The second-order valence-electron chi connectivity index (χ2n) is 8.89. The van der Waals surface area contributed by atoms with Crippen LogP contribution < -0.4 is 10.6 Å². The molecule has 1 aromatic rings. The van der Waals surface area contributed by atoms with E-state index in [4.69, 9.17) is 11.6 Å². The number of amides is 1. The van der Waals surface area contributed by atoms with Crippen molar-refractivity contribution >= 4 is 23.5 Å². The number of piperidine rings is 1. The zero-order chi connectivity index (χ0) is 21.4. The average molecular weight is 422 g/mol. The number of hydrogen-bond donors (Lipinski definition) is 2. The fourth-order valence-electron chi connectivity index (χ4n) is 3.58. The molecule has 0 unspecified atom stereocenters. The molecule has 1 aliphatic rings. The van der Waals surface area contributed by atoms with E-state index in [1.165, 1.54) is 5.56 Å². The quantitative estimate of drug-likeness (QED) is 0.547. The Balaban J connectivity index is 1.74. The molecule has 1 aromatic carbocycles. The maximum Gasteiger partial charge on any atom is 0.240 e. The molecule has 7 heteroatoms. The molecule has 0 radical (unpaired) electrons. The molecule has 0 aromatic heterocycles. The number of likely N-dealkylation sites (tertiary alicyclic amines) is 1. The summed E-state index contributed by atoms with van der Waals surface area (Å²) < 4.78 is 0. The van der Waals surface area contributed by atoms with Gasteiger partial charge in [-0.1, -0.05) is 29.8 Å². The van der Waals surface area contributed by atoms with Crippen LogP contribution in [-0.4, -0.2) is 67.5 Å². The summed E-state index contributed by atoms with van der Waals surface area (Å²) in [6.07, 6.45) is 2.28. The highest BCUT2D eigenvalue weighted by Gasteiger charge is 2.21. The number of aliphatic imine (C=N–C) groups is 1. The molecule has 29 heavy (non-hydrogen) atoms. The summed E-state index contributed by atoms with van der Waals surface area (Å²) in [6.45, 7) is 10.2. The normalized spacial score (nSPS) is 16.6. The molecule has 0 saturated carbocycles. The minimum absolute atomic E-state index is 0.00386. The highest BCUT2D eigenvalue weighted by atomic mass is 35.5. The predicted octanol–water partition coefficient (Wildman–Crippen LogP) is 2.97. The molecule has 6 nitrogen and oxygen atoms in total. The van der Waals surface area contributed by atoms with E-state index in [0.29, 0.717) is 5.92 Å². The van der Waals surface area contributed by atoms with E-state index >= 15 is 0 Å².